The van der Waals surface area contributed by atoms with Crippen LogP contribution in [0.1, 0.15) is 15.9 Å². The molecule has 3 aromatic rings. The fraction of sp³-hybridized carbons (Fsp3) is 0.105. The number of anilines is 3. The van der Waals surface area contributed by atoms with E-state index in [4.69, 9.17) is 11.6 Å². The normalized spacial score (nSPS) is 10.3. The maximum Gasteiger partial charge on any atom is 0.337 e. The van der Waals surface area contributed by atoms with Crippen LogP contribution in [0.2, 0.25) is 5.02 Å². The molecule has 6 nitrogen and oxygen atoms in total. The first kappa shape index (κ1) is 17.7. The molecule has 132 valence electrons. The standard InChI is InChI=1S/C19H17ClN4O2/c20-14-7-5-13(6-8-14)9-10-21-17-11-18(23-12-22-17)24-16-4-2-1-3-15(16)19(25)26/h1-8,11-12H,9-10H2,(H,25,26)(H2,21,22,23,24). The van der Waals surface area contributed by atoms with Gasteiger partial charge >= 0.3 is 5.97 Å². The zero-order valence-corrected chi connectivity index (χ0v) is 14.6. The summed E-state index contributed by atoms with van der Waals surface area (Å²) >= 11 is 5.88. The number of hydrogen-bond donors (Lipinski definition) is 3. The lowest BCUT2D eigenvalue weighted by Gasteiger charge is -2.10. The third-order valence-electron chi connectivity index (χ3n) is 3.72. The second kappa shape index (κ2) is 8.31. The van der Waals surface area contributed by atoms with Crippen LogP contribution in [0.4, 0.5) is 17.3 Å². The summed E-state index contributed by atoms with van der Waals surface area (Å²) in [4.78, 5) is 19.6. The number of nitrogens with zero attached hydrogens (tertiary/aromatic N) is 2. The molecule has 0 amide bonds. The number of carbonyl (C=O) groups is 1. The maximum atomic E-state index is 11.3. The smallest absolute Gasteiger partial charge is 0.337 e. The highest BCUT2D eigenvalue weighted by atomic mass is 35.5. The van der Waals surface area contributed by atoms with Crippen molar-refractivity contribution in [3.63, 3.8) is 0 Å². The number of hydrogen-bond acceptors (Lipinski definition) is 5. The Kier molecular flexibility index (Phi) is 5.66. The number of carboxylic acid groups (broad SMARTS) is 1. The van der Waals surface area contributed by atoms with E-state index in [1.807, 2.05) is 24.3 Å². The molecule has 3 N–H and O–H groups in total. The van der Waals surface area contributed by atoms with E-state index in [-0.39, 0.29) is 5.56 Å². The van der Waals surface area contributed by atoms with Gasteiger partial charge in [0.15, 0.2) is 0 Å². The fourth-order valence-corrected chi connectivity index (χ4v) is 2.55. The summed E-state index contributed by atoms with van der Waals surface area (Å²) in [7, 11) is 0. The van der Waals surface area contributed by atoms with Crippen molar-refractivity contribution in [1.82, 2.24) is 9.97 Å². The summed E-state index contributed by atoms with van der Waals surface area (Å²) < 4.78 is 0. The number of halogens is 1. The lowest BCUT2D eigenvalue weighted by atomic mass is 10.1. The Balaban J connectivity index is 1.63. The molecule has 0 radical (unpaired) electrons. The number of aromatic nitrogens is 2. The van der Waals surface area contributed by atoms with Crippen LogP contribution in [-0.4, -0.2) is 27.6 Å². The lowest BCUT2D eigenvalue weighted by molar-refractivity contribution is 0.0698. The molecule has 1 heterocycles. The summed E-state index contributed by atoms with van der Waals surface area (Å²) in [6, 6.07) is 16.1. The number of carboxylic acids is 1. The summed E-state index contributed by atoms with van der Waals surface area (Å²) in [6.45, 7) is 0.698. The Bertz CT molecular complexity index is 900. The third kappa shape index (κ3) is 4.70. The summed E-state index contributed by atoms with van der Waals surface area (Å²) in [5, 5.41) is 16.2. The maximum absolute atomic E-state index is 11.3. The Morgan fingerprint density at radius 3 is 2.54 bits per heavy atom. The molecular weight excluding hydrogens is 352 g/mol. The highest BCUT2D eigenvalue weighted by Crippen LogP contribution is 2.20. The highest BCUT2D eigenvalue weighted by molar-refractivity contribution is 6.30. The number of rotatable bonds is 7. The molecule has 2 aromatic carbocycles. The zero-order valence-electron chi connectivity index (χ0n) is 13.8. The average Bonchev–Trinajstić information content (AvgIpc) is 2.64. The van der Waals surface area contributed by atoms with E-state index in [0.29, 0.717) is 23.9 Å². The topological polar surface area (TPSA) is 87.1 Å². The largest absolute Gasteiger partial charge is 0.478 e. The molecule has 26 heavy (non-hydrogen) atoms. The van der Waals surface area contributed by atoms with Crippen LogP contribution in [0.5, 0.6) is 0 Å². The van der Waals surface area contributed by atoms with Gasteiger partial charge in [-0.15, -0.1) is 0 Å². The first-order chi connectivity index (χ1) is 12.6. The van der Waals surface area contributed by atoms with Gasteiger partial charge in [-0.1, -0.05) is 35.9 Å². The lowest BCUT2D eigenvalue weighted by Crippen LogP contribution is -2.08. The van der Waals surface area contributed by atoms with E-state index in [1.54, 1.807) is 24.3 Å². The van der Waals surface area contributed by atoms with Crippen LogP contribution in [0.25, 0.3) is 0 Å². The highest BCUT2D eigenvalue weighted by Gasteiger charge is 2.09. The minimum Gasteiger partial charge on any atom is -0.478 e. The van der Waals surface area contributed by atoms with Crippen molar-refractivity contribution in [2.75, 3.05) is 17.2 Å². The monoisotopic (exact) mass is 368 g/mol. The molecule has 3 rings (SSSR count). The van der Waals surface area contributed by atoms with Crippen LogP contribution < -0.4 is 10.6 Å². The van der Waals surface area contributed by atoms with Crippen LogP contribution >= 0.6 is 11.6 Å². The Morgan fingerprint density at radius 2 is 1.77 bits per heavy atom. The van der Waals surface area contributed by atoms with E-state index in [9.17, 15) is 9.90 Å². The van der Waals surface area contributed by atoms with Crippen molar-refractivity contribution >= 4 is 34.9 Å². The van der Waals surface area contributed by atoms with Crippen LogP contribution in [0, 0.1) is 0 Å². The van der Waals surface area contributed by atoms with Gasteiger partial charge in [0.2, 0.25) is 0 Å². The predicted octanol–water partition coefficient (Wildman–Crippen LogP) is 4.23. The summed E-state index contributed by atoms with van der Waals surface area (Å²) in [5.74, 6) is 0.176. The molecule has 0 aliphatic rings. The van der Waals surface area contributed by atoms with Gasteiger partial charge in [-0.2, -0.15) is 0 Å². The molecule has 0 atom stereocenters. The van der Waals surface area contributed by atoms with E-state index >= 15 is 0 Å². The number of nitrogens with one attached hydrogen (secondary N) is 2. The molecule has 0 spiro atoms. The SMILES string of the molecule is O=C(O)c1ccccc1Nc1cc(NCCc2ccc(Cl)cc2)ncn1. The van der Waals surface area contributed by atoms with E-state index in [1.165, 1.54) is 18.0 Å². The van der Waals surface area contributed by atoms with Crippen LogP contribution in [0.3, 0.4) is 0 Å². The molecule has 0 bridgehead atoms. The third-order valence-corrected chi connectivity index (χ3v) is 3.97. The summed E-state index contributed by atoms with van der Waals surface area (Å²) in [6.07, 6.45) is 2.25. The van der Waals surface area contributed by atoms with Gasteiger partial charge in [0, 0.05) is 17.6 Å². The van der Waals surface area contributed by atoms with Gasteiger partial charge in [0.25, 0.3) is 0 Å². The zero-order chi connectivity index (χ0) is 18.4. The number of aromatic carboxylic acids is 1. The minimum absolute atomic E-state index is 0.184. The molecule has 0 saturated heterocycles. The fourth-order valence-electron chi connectivity index (χ4n) is 2.42. The van der Waals surface area contributed by atoms with Gasteiger partial charge < -0.3 is 15.7 Å². The molecule has 7 heteroatoms. The second-order valence-corrected chi connectivity index (χ2v) is 6.00. The molecular formula is C19H17ClN4O2. The first-order valence-electron chi connectivity index (χ1n) is 8.01. The molecule has 0 aliphatic carbocycles. The van der Waals surface area contributed by atoms with Crippen molar-refractivity contribution in [1.29, 1.82) is 0 Å². The average molecular weight is 369 g/mol. The summed E-state index contributed by atoms with van der Waals surface area (Å²) in [5.41, 5.74) is 1.83. The second-order valence-electron chi connectivity index (χ2n) is 5.57. The molecule has 0 fully saturated rings. The van der Waals surface area contributed by atoms with Crippen molar-refractivity contribution in [2.24, 2.45) is 0 Å². The Hall–Kier alpha value is -3.12. The van der Waals surface area contributed by atoms with Crippen molar-refractivity contribution in [2.45, 2.75) is 6.42 Å². The minimum atomic E-state index is -0.997. The van der Waals surface area contributed by atoms with E-state index in [2.05, 4.69) is 20.6 Å². The van der Waals surface area contributed by atoms with Gasteiger partial charge in [0.05, 0.1) is 11.3 Å². The van der Waals surface area contributed by atoms with Gasteiger partial charge in [-0.3, -0.25) is 0 Å². The van der Waals surface area contributed by atoms with Crippen LogP contribution in [-0.2, 0) is 6.42 Å². The van der Waals surface area contributed by atoms with Gasteiger partial charge in [-0.05, 0) is 36.2 Å². The predicted molar refractivity (Wildman–Crippen MR) is 102 cm³/mol. The van der Waals surface area contributed by atoms with Gasteiger partial charge in [0.1, 0.15) is 18.0 Å². The van der Waals surface area contributed by atoms with Crippen LogP contribution in [0.15, 0.2) is 60.9 Å². The van der Waals surface area contributed by atoms with Crippen molar-refractivity contribution in [3.8, 4) is 0 Å². The Labute approximate surface area is 155 Å². The molecule has 0 unspecified atom stereocenters. The molecule has 1 aromatic heterocycles. The Morgan fingerprint density at radius 1 is 1.04 bits per heavy atom. The van der Waals surface area contributed by atoms with Gasteiger partial charge in [-0.25, -0.2) is 14.8 Å². The number of benzene rings is 2. The van der Waals surface area contributed by atoms with E-state index < -0.39 is 5.97 Å². The van der Waals surface area contributed by atoms with Crippen molar-refractivity contribution in [3.05, 3.63) is 77.1 Å². The number of para-hydroxylation sites is 1. The first-order valence-corrected chi connectivity index (χ1v) is 8.39. The quantitative estimate of drug-likeness (QED) is 0.578. The molecule has 0 aliphatic heterocycles. The molecule has 0 saturated carbocycles. The van der Waals surface area contributed by atoms with Crippen molar-refractivity contribution < 1.29 is 9.90 Å². The van der Waals surface area contributed by atoms with E-state index in [0.717, 1.165) is 11.4 Å².